The number of aryl methyl sites for hydroxylation is 1. The molecule has 0 bridgehead atoms. The number of nitrogens with one attached hydrogen (secondary N) is 1. The van der Waals surface area contributed by atoms with Crippen LogP contribution < -0.4 is 5.43 Å². The molecule has 3 rings (SSSR count). The van der Waals surface area contributed by atoms with Gasteiger partial charge in [-0.2, -0.15) is 5.10 Å². The molecule has 0 radical (unpaired) electrons. The molecule has 0 saturated carbocycles. The Morgan fingerprint density at radius 2 is 2.00 bits per heavy atom. The Kier molecular flexibility index (Phi) is 3.65. The van der Waals surface area contributed by atoms with E-state index in [0.29, 0.717) is 17.1 Å². The van der Waals surface area contributed by atoms with Crippen LogP contribution in [0.2, 0.25) is 0 Å². The van der Waals surface area contributed by atoms with Crippen molar-refractivity contribution in [3.05, 3.63) is 65.9 Å². The Bertz CT molecular complexity index is 851. The SMILES string of the molecule is C/C(=N\NC(=O)c1c(C)nc2ccccn12)c1ccncc1. The fourth-order valence-electron chi connectivity index (χ4n) is 2.23. The molecule has 0 fully saturated rings. The molecule has 22 heavy (non-hydrogen) atoms. The Labute approximate surface area is 127 Å². The van der Waals surface area contributed by atoms with Crippen molar-refractivity contribution in [3.8, 4) is 0 Å². The molecule has 3 aromatic rings. The third-order valence-corrected chi connectivity index (χ3v) is 3.34. The van der Waals surface area contributed by atoms with Gasteiger partial charge in [-0.15, -0.1) is 0 Å². The van der Waals surface area contributed by atoms with Gasteiger partial charge in [0.05, 0.1) is 11.4 Å². The number of pyridine rings is 2. The van der Waals surface area contributed by atoms with Crippen molar-refractivity contribution < 1.29 is 4.79 Å². The zero-order valence-corrected chi connectivity index (χ0v) is 12.3. The lowest BCUT2D eigenvalue weighted by Gasteiger charge is -2.03. The minimum Gasteiger partial charge on any atom is -0.295 e. The first-order valence-corrected chi connectivity index (χ1v) is 6.85. The summed E-state index contributed by atoms with van der Waals surface area (Å²) in [6.07, 6.45) is 5.18. The van der Waals surface area contributed by atoms with Crippen LogP contribution in [0.4, 0.5) is 0 Å². The summed E-state index contributed by atoms with van der Waals surface area (Å²) in [5.74, 6) is -0.287. The molecule has 3 heterocycles. The Hall–Kier alpha value is -3.02. The lowest BCUT2D eigenvalue weighted by Crippen LogP contribution is -2.21. The van der Waals surface area contributed by atoms with E-state index in [4.69, 9.17) is 0 Å². The average Bonchev–Trinajstić information content (AvgIpc) is 2.89. The van der Waals surface area contributed by atoms with Crippen LogP contribution in [0.25, 0.3) is 5.65 Å². The number of amides is 1. The molecule has 0 aliphatic heterocycles. The quantitative estimate of drug-likeness (QED) is 0.594. The zero-order valence-electron chi connectivity index (χ0n) is 12.3. The van der Waals surface area contributed by atoms with Crippen LogP contribution in [0, 0.1) is 6.92 Å². The number of hydrogen-bond donors (Lipinski definition) is 1. The van der Waals surface area contributed by atoms with E-state index in [1.54, 1.807) is 23.7 Å². The van der Waals surface area contributed by atoms with Gasteiger partial charge in [0.2, 0.25) is 0 Å². The predicted octanol–water partition coefficient (Wildman–Crippen LogP) is 2.19. The van der Waals surface area contributed by atoms with Crippen molar-refractivity contribution in [1.82, 2.24) is 19.8 Å². The smallest absolute Gasteiger partial charge is 0.290 e. The van der Waals surface area contributed by atoms with Gasteiger partial charge in [-0.3, -0.25) is 14.2 Å². The molecule has 0 saturated heterocycles. The number of fused-ring (bicyclic) bond motifs is 1. The van der Waals surface area contributed by atoms with E-state index in [1.807, 2.05) is 43.5 Å². The Morgan fingerprint density at radius 1 is 1.23 bits per heavy atom. The molecule has 0 atom stereocenters. The van der Waals surface area contributed by atoms with Crippen molar-refractivity contribution in [2.75, 3.05) is 0 Å². The molecular formula is C16H15N5O. The van der Waals surface area contributed by atoms with Gasteiger partial charge in [0.25, 0.3) is 5.91 Å². The number of hydrogen-bond acceptors (Lipinski definition) is 4. The summed E-state index contributed by atoms with van der Waals surface area (Å²) in [5.41, 5.74) is 6.09. The molecule has 0 aromatic carbocycles. The lowest BCUT2D eigenvalue weighted by atomic mass is 10.2. The van der Waals surface area contributed by atoms with Crippen LogP contribution in [0.5, 0.6) is 0 Å². The zero-order chi connectivity index (χ0) is 15.5. The molecule has 0 unspecified atom stereocenters. The van der Waals surface area contributed by atoms with E-state index in [0.717, 1.165) is 11.2 Å². The number of carbonyl (C=O) groups is 1. The number of nitrogens with zero attached hydrogens (tertiary/aromatic N) is 4. The number of hydrazone groups is 1. The van der Waals surface area contributed by atoms with Crippen molar-refractivity contribution in [3.63, 3.8) is 0 Å². The van der Waals surface area contributed by atoms with E-state index in [1.165, 1.54) is 0 Å². The summed E-state index contributed by atoms with van der Waals surface area (Å²) in [6, 6.07) is 9.27. The monoisotopic (exact) mass is 293 g/mol. The summed E-state index contributed by atoms with van der Waals surface area (Å²) >= 11 is 0. The fraction of sp³-hybridized carbons (Fsp3) is 0.125. The highest BCUT2D eigenvalue weighted by Gasteiger charge is 2.15. The second-order valence-electron chi connectivity index (χ2n) is 4.85. The van der Waals surface area contributed by atoms with Crippen LogP contribution in [0.1, 0.15) is 28.7 Å². The molecule has 1 amide bonds. The molecule has 0 spiro atoms. The van der Waals surface area contributed by atoms with Crippen LogP contribution >= 0.6 is 0 Å². The van der Waals surface area contributed by atoms with E-state index in [9.17, 15) is 4.79 Å². The molecule has 6 nitrogen and oxygen atoms in total. The summed E-state index contributed by atoms with van der Waals surface area (Å²) in [7, 11) is 0. The van der Waals surface area contributed by atoms with E-state index in [-0.39, 0.29) is 5.91 Å². The van der Waals surface area contributed by atoms with Crippen LogP contribution in [-0.2, 0) is 0 Å². The highest BCUT2D eigenvalue weighted by Crippen LogP contribution is 2.11. The minimum atomic E-state index is -0.287. The van der Waals surface area contributed by atoms with Crippen LogP contribution in [0.15, 0.2) is 54.0 Å². The van der Waals surface area contributed by atoms with Gasteiger partial charge in [-0.25, -0.2) is 10.4 Å². The van der Waals surface area contributed by atoms with Gasteiger partial charge in [0, 0.05) is 24.2 Å². The molecule has 6 heteroatoms. The maximum absolute atomic E-state index is 12.4. The van der Waals surface area contributed by atoms with Crippen molar-refractivity contribution in [2.45, 2.75) is 13.8 Å². The van der Waals surface area contributed by atoms with Gasteiger partial charge < -0.3 is 0 Å². The first-order valence-electron chi connectivity index (χ1n) is 6.85. The van der Waals surface area contributed by atoms with Gasteiger partial charge in [-0.1, -0.05) is 6.07 Å². The predicted molar refractivity (Wildman–Crippen MR) is 83.8 cm³/mol. The van der Waals surface area contributed by atoms with Crippen molar-refractivity contribution in [1.29, 1.82) is 0 Å². The van der Waals surface area contributed by atoms with Crippen molar-refractivity contribution in [2.24, 2.45) is 5.10 Å². The van der Waals surface area contributed by atoms with Crippen LogP contribution in [-0.4, -0.2) is 26.0 Å². The highest BCUT2D eigenvalue weighted by atomic mass is 16.2. The van der Waals surface area contributed by atoms with Crippen molar-refractivity contribution >= 4 is 17.3 Å². The highest BCUT2D eigenvalue weighted by molar-refractivity contribution is 6.00. The molecule has 110 valence electrons. The second-order valence-corrected chi connectivity index (χ2v) is 4.85. The Balaban J connectivity index is 1.87. The standard InChI is InChI=1S/C16H15N5O/c1-11(13-6-8-17-9-7-13)19-20-16(22)15-12(2)18-14-5-3-4-10-21(14)15/h3-10H,1-2H3,(H,20,22)/b19-11+. The van der Waals surface area contributed by atoms with E-state index in [2.05, 4.69) is 20.5 Å². The topological polar surface area (TPSA) is 71.7 Å². The van der Waals surface area contributed by atoms with E-state index < -0.39 is 0 Å². The summed E-state index contributed by atoms with van der Waals surface area (Å²) in [4.78, 5) is 20.7. The van der Waals surface area contributed by atoms with Gasteiger partial charge in [0.1, 0.15) is 11.3 Å². The number of carbonyl (C=O) groups excluding carboxylic acids is 1. The van der Waals surface area contributed by atoms with E-state index >= 15 is 0 Å². The minimum absolute atomic E-state index is 0.287. The average molecular weight is 293 g/mol. The number of imidazole rings is 1. The normalized spacial score (nSPS) is 11.6. The molecule has 0 aliphatic rings. The Morgan fingerprint density at radius 3 is 2.77 bits per heavy atom. The number of aromatic nitrogens is 3. The second kappa shape index (κ2) is 5.77. The summed E-state index contributed by atoms with van der Waals surface area (Å²) in [6.45, 7) is 3.64. The molecule has 0 aliphatic carbocycles. The largest absolute Gasteiger partial charge is 0.295 e. The first kappa shape index (κ1) is 13.9. The third kappa shape index (κ3) is 2.58. The molecule has 1 N–H and O–H groups in total. The van der Waals surface area contributed by atoms with Gasteiger partial charge in [-0.05, 0) is 38.1 Å². The lowest BCUT2D eigenvalue weighted by molar-refractivity contribution is 0.0948. The maximum atomic E-state index is 12.4. The third-order valence-electron chi connectivity index (χ3n) is 3.34. The summed E-state index contributed by atoms with van der Waals surface area (Å²) < 4.78 is 1.75. The maximum Gasteiger partial charge on any atom is 0.290 e. The number of rotatable bonds is 3. The van der Waals surface area contributed by atoms with Crippen LogP contribution in [0.3, 0.4) is 0 Å². The summed E-state index contributed by atoms with van der Waals surface area (Å²) in [5, 5.41) is 4.15. The molecular weight excluding hydrogens is 278 g/mol. The molecule has 3 aromatic heterocycles. The van der Waals surface area contributed by atoms with Gasteiger partial charge in [0.15, 0.2) is 0 Å². The van der Waals surface area contributed by atoms with Gasteiger partial charge >= 0.3 is 0 Å². The first-order chi connectivity index (χ1) is 10.7. The fourth-order valence-corrected chi connectivity index (χ4v) is 2.23.